The van der Waals surface area contributed by atoms with Gasteiger partial charge in [-0.15, -0.1) is 0 Å². The molecule has 0 saturated heterocycles. The van der Waals surface area contributed by atoms with Crippen LogP contribution in [-0.4, -0.2) is 18.0 Å². The Bertz CT molecular complexity index is 662. The molecule has 4 heteroatoms. The molecule has 1 aliphatic rings. The summed E-state index contributed by atoms with van der Waals surface area (Å²) in [5.74, 6) is 0.536. The maximum atomic E-state index is 12.4. The highest BCUT2D eigenvalue weighted by Gasteiger charge is 2.42. The number of rotatable bonds is 7. The van der Waals surface area contributed by atoms with Crippen molar-refractivity contribution >= 4 is 5.91 Å². The van der Waals surface area contributed by atoms with E-state index in [2.05, 4.69) is 75.6 Å². The van der Waals surface area contributed by atoms with Crippen LogP contribution in [-0.2, 0) is 10.2 Å². The van der Waals surface area contributed by atoms with Crippen LogP contribution in [0.4, 0.5) is 0 Å². The van der Waals surface area contributed by atoms with E-state index in [9.17, 15) is 10.1 Å². The van der Waals surface area contributed by atoms with Crippen LogP contribution >= 0.6 is 0 Å². The highest BCUT2D eigenvalue weighted by Crippen LogP contribution is 2.39. The number of nitrogens with zero attached hydrogens (tertiary/aromatic N) is 1. The van der Waals surface area contributed by atoms with E-state index in [1.54, 1.807) is 0 Å². The summed E-state index contributed by atoms with van der Waals surface area (Å²) in [6.45, 7) is 13.0. The van der Waals surface area contributed by atoms with Crippen LogP contribution in [0.3, 0.4) is 0 Å². The fourth-order valence-electron chi connectivity index (χ4n) is 3.35. The zero-order valence-electron chi connectivity index (χ0n) is 17.0. The first-order valence-corrected chi connectivity index (χ1v) is 9.63. The molecule has 4 nitrogen and oxygen atoms in total. The first-order chi connectivity index (χ1) is 12.1. The summed E-state index contributed by atoms with van der Waals surface area (Å²) in [5, 5.41) is 15.7. The van der Waals surface area contributed by atoms with Gasteiger partial charge in [0.05, 0.1) is 12.6 Å². The van der Waals surface area contributed by atoms with Gasteiger partial charge in [0.25, 0.3) is 0 Å². The molecule has 1 aliphatic carbocycles. The van der Waals surface area contributed by atoms with Crippen LogP contribution in [0, 0.1) is 23.2 Å². The Morgan fingerprint density at radius 1 is 1.19 bits per heavy atom. The third-order valence-electron chi connectivity index (χ3n) is 5.31. The summed E-state index contributed by atoms with van der Waals surface area (Å²) in [6, 6.07) is 11.0. The maximum Gasteiger partial charge on any atom is 0.235 e. The van der Waals surface area contributed by atoms with Crippen molar-refractivity contribution in [2.24, 2.45) is 11.8 Å². The topological polar surface area (TPSA) is 64.9 Å². The van der Waals surface area contributed by atoms with E-state index in [1.807, 2.05) is 6.92 Å². The summed E-state index contributed by atoms with van der Waals surface area (Å²) in [5.41, 5.74) is 1.88. The lowest BCUT2D eigenvalue weighted by molar-refractivity contribution is -0.121. The molecule has 1 fully saturated rings. The second-order valence-corrected chi connectivity index (χ2v) is 9.11. The van der Waals surface area contributed by atoms with Gasteiger partial charge in [0.1, 0.15) is 5.54 Å². The van der Waals surface area contributed by atoms with Gasteiger partial charge in [-0.25, -0.2) is 0 Å². The molecule has 0 aliphatic heterocycles. The quantitative estimate of drug-likeness (QED) is 0.774. The highest BCUT2D eigenvalue weighted by molar-refractivity contribution is 5.79. The van der Waals surface area contributed by atoms with Crippen LogP contribution in [0.5, 0.6) is 0 Å². The lowest BCUT2D eigenvalue weighted by Crippen LogP contribution is -2.50. The minimum atomic E-state index is -0.736. The van der Waals surface area contributed by atoms with E-state index in [4.69, 9.17) is 0 Å². The van der Waals surface area contributed by atoms with Gasteiger partial charge in [-0.05, 0) is 48.1 Å². The third-order valence-corrected chi connectivity index (χ3v) is 5.31. The van der Waals surface area contributed by atoms with Gasteiger partial charge in [-0.1, -0.05) is 58.9 Å². The standard InChI is InChI=1S/C22H33N3O/c1-15(2)20(16-7-9-17(10-8-16)21(3,4)5)24-13-19(26)25-22(6,14-23)18-11-12-18/h7-10,15,18,20,24H,11-13H2,1-6H3,(H,25,26)/t20-,22+/m0/s1. The number of benzene rings is 1. The molecule has 0 aromatic heterocycles. The van der Waals surface area contributed by atoms with Gasteiger partial charge in [0.2, 0.25) is 5.91 Å². The Morgan fingerprint density at radius 2 is 1.77 bits per heavy atom. The van der Waals surface area contributed by atoms with Crippen molar-refractivity contribution in [1.82, 2.24) is 10.6 Å². The molecule has 2 rings (SSSR count). The van der Waals surface area contributed by atoms with Crippen LogP contribution in [0.25, 0.3) is 0 Å². The number of carbonyl (C=O) groups is 1. The first-order valence-electron chi connectivity index (χ1n) is 9.63. The maximum absolute atomic E-state index is 12.4. The molecule has 1 saturated carbocycles. The van der Waals surface area contributed by atoms with Crippen molar-refractivity contribution in [1.29, 1.82) is 5.26 Å². The number of hydrogen-bond donors (Lipinski definition) is 2. The average Bonchev–Trinajstić information content (AvgIpc) is 3.39. The summed E-state index contributed by atoms with van der Waals surface area (Å²) < 4.78 is 0. The van der Waals surface area contributed by atoms with E-state index in [0.29, 0.717) is 11.8 Å². The van der Waals surface area contributed by atoms with Gasteiger partial charge in [-0.3, -0.25) is 4.79 Å². The van der Waals surface area contributed by atoms with E-state index >= 15 is 0 Å². The molecule has 2 atom stereocenters. The van der Waals surface area contributed by atoms with Crippen LogP contribution in [0.15, 0.2) is 24.3 Å². The molecule has 0 bridgehead atoms. The number of nitriles is 1. The SMILES string of the molecule is CC(C)[C@H](NCC(=O)N[C@](C)(C#N)C1CC1)c1ccc(C(C)(C)C)cc1. The second kappa shape index (κ2) is 7.80. The van der Waals surface area contributed by atoms with Crippen molar-refractivity contribution in [2.45, 2.75) is 71.4 Å². The minimum Gasteiger partial charge on any atom is -0.337 e. The van der Waals surface area contributed by atoms with Crippen molar-refractivity contribution in [3.05, 3.63) is 35.4 Å². The smallest absolute Gasteiger partial charge is 0.235 e. The molecule has 0 radical (unpaired) electrons. The third kappa shape index (κ3) is 5.08. The van der Waals surface area contributed by atoms with Crippen LogP contribution in [0.1, 0.15) is 71.6 Å². The summed E-state index contributed by atoms with van der Waals surface area (Å²) in [6.07, 6.45) is 2.04. The monoisotopic (exact) mass is 355 g/mol. The lowest BCUT2D eigenvalue weighted by atomic mass is 9.85. The molecule has 26 heavy (non-hydrogen) atoms. The Kier molecular flexibility index (Phi) is 6.13. The lowest BCUT2D eigenvalue weighted by Gasteiger charge is -2.26. The molecular formula is C22H33N3O. The number of hydrogen-bond acceptors (Lipinski definition) is 3. The Labute approximate surface area is 158 Å². The molecule has 2 N–H and O–H groups in total. The molecule has 1 aromatic carbocycles. The largest absolute Gasteiger partial charge is 0.337 e. The highest BCUT2D eigenvalue weighted by atomic mass is 16.2. The van der Waals surface area contributed by atoms with Crippen molar-refractivity contribution in [3.63, 3.8) is 0 Å². The molecule has 1 amide bonds. The Hall–Kier alpha value is -1.86. The average molecular weight is 356 g/mol. The Morgan fingerprint density at radius 3 is 2.19 bits per heavy atom. The zero-order chi connectivity index (χ0) is 19.5. The molecule has 1 aromatic rings. The second-order valence-electron chi connectivity index (χ2n) is 9.11. The minimum absolute atomic E-state index is 0.101. The van der Waals surface area contributed by atoms with Gasteiger partial charge in [0, 0.05) is 6.04 Å². The van der Waals surface area contributed by atoms with Crippen molar-refractivity contribution in [2.75, 3.05) is 6.54 Å². The zero-order valence-corrected chi connectivity index (χ0v) is 17.0. The van der Waals surface area contributed by atoms with E-state index in [-0.39, 0.29) is 23.9 Å². The van der Waals surface area contributed by atoms with Crippen LogP contribution < -0.4 is 10.6 Å². The fourth-order valence-corrected chi connectivity index (χ4v) is 3.35. The molecule has 0 spiro atoms. The van der Waals surface area contributed by atoms with E-state index < -0.39 is 5.54 Å². The summed E-state index contributed by atoms with van der Waals surface area (Å²) >= 11 is 0. The van der Waals surface area contributed by atoms with Gasteiger partial charge in [-0.2, -0.15) is 5.26 Å². The first kappa shape index (κ1) is 20.5. The van der Waals surface area contributed by atoms with E-state index in [0.717, 1.165) is 12.8 Å². The molecule has 0 unspecified atom stereocenters. The Balaban J connectivity index is 2.00. The fraction of sp³-hybridized carbons (Fsp3) is 0.636. The van der Waals surface area contributed by atoms with Gasteiger partial charge < -0.3 is 10.6 Å². The van der Waals surface area contributed by atoms with Crippen molar-refractivity contribution in [3.8, 4) is 6.07 Å². The predicted molar refractivity (Wildman–Crippen MR) is 106 cm³/mol. The van der Waals surface area contributed by atoms with Gasteiger partial charge >= 0.3 is 0 Å². The molecular weight excluding hydrogens is 322 g/mol. The van der Waals surface area contributed by atoms with Crippen molar-refractivity contribution < 1.29 is 4.79 Å². The summed E-state index contributed by atoms with van der Waals surface area (Å²) in [7, 11) is 0. The molecule has 0 heterocycles. The van der Waals surface area contributed by atoms with E-state index in [1.165, 1.54) is 11.1 Å². The number of carbonyl (C=O) groups excluding carboxylic acids is 1. The normalized spacial score (nSPS) is 18.1. The van der Waals surface area contributed by atoms with Crippen LogP contribution in [0.2, 0.25) is 0 Å². The van der Waals surface area contributed by atoms with Gasteiger partial charge in [0.15, 0.2) is 0 Å². The number of amides is 1. The number of nitrogens with one attached hydrogen (secondary N) is 2. The summed E-state index contributed by atoms with van der Waals surface area (Å²) in [4.78, 5) is 12.4. The molecule has 142 valence electrons. The predicted octanol–water partition coefficient (Wildman–Crippen LogP) is 4.08.